The predicted molar refractivity (Wildman–Crippen MR) is 129 cm³/mol. The number of fused-ring (bicyclic) bond motifs is 1. The largest absolute Gasteiger partial charge is 0.507 e. The molecular formula is C25H16ClFN2O4S. The average Bonchev–Trinajstić information content (AvgIpc) is 3.37. The maximum atomic E-state index is 13.8. The van der Waals surface area contributed by atoms with E-state index >= 15 is 0 Å². The Balaban J connectivity index is 1.74. The summed E-state index contributed by atoms with van der Waals surface area (Å²) in [5.41, 5.74) is 1.28. The Morgan fingerprint density at radius 2 is 1.88 bits per heavy atom. The van der Waals surface area contributed by atoms with Crippen LogP contribution in [0.15, 0.2) is 72.3 Å². The van der Waals surface area contributed by atoms with Gasteiger partial charge in [0.2, 0.25) is 0 Å². The number of ether oxygens (including phenoxy) is 1. The first-order chi connectivity index (χ1) is 16.4. The molecule has 5 rings (SSSR count). The number of aliphatic hydroxyl groups is 1. The minimum absolute atomic E-state index is 0.0917. The van der Waals surface area contributed by atoms with E-state index in [1.54, 1.807) is 48.5 Å². The molecule has 6 nitrogen and oxygen atoms in total. The standard InChI is InChI=1S/C25H16ClFN2O4S/c1-33-17-4-2-3-14(11-17)21-20(22(30)13-5-7-15(26)8-6-13)23(31)24(32)29(21)25-28-18-10-9-16(27)12-19(18)34-25/h2-12,21,30H,1H3/b22-20+. The minimum Gasteiger partial charge on any atom is -0.507 e. The van der Waals surface area contributed by atoms with Crippen molar-refractivity contribution in [3.05, 3.63) is 94.3 Å². The second kappa shape index (κ2) is 8.55. The summed E-state index contributed by atoms with van der Waals surface area (Å²) in [6, 6.07) is 16.3. The summed E-state index contributed by atoms with van der Waals surface area (Å²) in [7, 11) is 1.51. The van der Waals surface area contributed by atoms with Crippen molar-refractivity contribution in [2.45, 2.75) is 6.04 Å². The summed E-state index contributed by atoms with van der Waals surface area (Å²) in [5.74, 6) is -1.95. The van der Waals surface area contributed by atoms with Gasteiger partial charge in [-0.25, -0.2) is 9.37 Å². The van der Waals surface area contributed by atoms with E-state index in [1.165, 1.54) is 30.2 Å². The number of benzene rings is 3. The Hall–Kier alpha value is -3.75. The van der Waals surface area contributed by atoms with Gasteiger partial charge in [-0.15, -0.1) is 0 Å². The van der Waals surface area contributed by atoms with E-state index in [9.17, 15) is 19.1 Å². The Kier molecular flexibility index (Phi) is 5.55. The number of aliphatic hydroxyl groups excluding tert-OH is 1. The monoisotopic (exact) mass is 494 g/mol. The first kappa shape index (κ1) is 22.1. The number of methoxy groups -OCH3 is 1. The van der Waals surface area contributed by atoms with Crippen LogP contribution in [0.2, 0.25) is 5.02 Å². The van der Waals surface area contributed by atoms with Crippen molar-refractivity contribution in [3.63, 3.8) is 0 Å². The highest BCUT2D eigenvalue weighted by molar-refractivity contribution is 7.22. The molecule has 0 aliphatic carbocycles. The van der Waals surface area contributed by atoms with Gasteiger partial charge in [-0.05, 0) is 60.2 Å². The Morgan fingerprint density at radius 3 is 2.62 bits per heavy atom. The van der Waals surface area contributed by atoms with E-state index in [0.717, 1.165) is 11.3 Å². The van der Waals surface area contributed by atoms with Gasteiger partial charge in [-0.3, -0.25) is 14.5 Å². The fourth-order valence-electron chi connectivity index (χ4n) is 3.91. The van der Waals surface area contributed by atoms with E-state index in [0.29, 0.717) is 32.1 Å². The number of halogens is 2. The summed E-state index contributed by atoms with van der Waals surface area (Å²) in [6.45, 7) is 0. The van der Waals surface area contributed by atoms with E-state index in [1.807, 2.05) is 0 Å². The summed E-state index contributed by atoms with van der Waals surface area (Å²) < 4.78 is 19.6. The maximum absolute atomic E-state index is 13.8. The molecule has 3 aromatic carbocycles. The van der Waals surface area contributed by atoms with Crippen molar-refractivity contribution in [1.29, 1.82) is 0 Å². The molecule has 0 spiro atoms. The van der Waals surface area contributed by atoms with Crippen LogP contribution in [0.3, 0.4) is 0 Å². The van der Waals surface area contributed by atoms with Crippen molar-refractivity contribution in [1.82, 2.24) is 4.98 Å². The van der Waals surface area contributed by atoms with Crippen LogP contribution in [0.25, 0.3) is 16.0 Å². The van der Waals surface area contributed by atoms with Gasteiger partial charge in [-0.1, -0.05) is 35.1 Å². The highest BCUT2D eigenvalue weighted by Crippen LogP contribution is 2.44. The van der Waals surface area contributed by atoms with Crippen LogP contribution in [0.1, 0.15) is 17.2 Å². The topological polar surface area (TPSA) is 79.7 Å². The lowest BCUT2D eigenvalue weighted by atomic mass is 9.95. The van der Waals surface area contributed by atoms with E-state index in [2.05, 4.69) is 4.98 Å². The zero-order valence-corrected chi connectivity index (χ0v) is 19.2. The van der Waals surface area contributed by atoms with Gasteiger partial charge in [0.15, 0.2) is 5.13 Å². The minimum atomic E-state index is -0.976. The lowest BCUT2D eigenvalue weighted by molar-refractivity contribution is -0.132. The van der Waals surface area contributed by atoms with Gasteiger partial charge >= 0.3 is 5.91 Å². The van der Waals surface area contributed by atoms with Crippen molar-refractivity contribution in [2.75, 3.05) is 12.0 Å². The van der Waals surface area contributed by atoms with Crippen LogP contribution in [-0.4, -0.2) is 28.9 Å². The molecule has 1 unspecified atom stereocenters. The van der Waals surface area contributed by atoms with Crippen molar-refractivity contribution < 1.29 is 23.8 Å². The Labute approximate surface area is 202 Å². The van der Waals surface area contributed by atoms with Crippen molar-refractivity contribution >= 4 is 55.7 Å². The molecule has 1 saturated heterocycles. The summed E-state index contributed by atoms with van der Waals surface area (Å²) in [5, 5.41) is 11.8. The molecule has 1 aliphatic rings. The quantitative estimate of drug-likeness (QED) is 0.223. The van der Waals surface area contributed by atoms with Gasteiger partial charge in [0.05, 0.1) is 28.9 Å². The number of nitrogens with zero attached hydrogens (tertiary/aromatic N) is 2. The smallest absolute Gasteiger partial charge is 0.301 e. The lowest BCUT2D eigenvalue weighted by Crippen LogP contribution is -2.29. The number of amides is 1. The maximum Gasteiger partial charge on any atom is 0.301 e. The summed E-state index contributed by atoms with van der Waals surface area (Å²) in [6.07, 6.45) is 0. The van der Waals surface area contributed by atoms with E-state index < -0.39 is 23.5 Å². The number of hydrogen-bond donors (Lipinski definition) is 1. The number of ketones is 1. The molecule has 2 heterocycles. The molecule has 1 aliphatic heterocycles. The third-order valence-electron chi connectivity index (χ3n) is 5.52. The molecule has 1 atom stereocenters. The zero-order chi connectivity index (χ0) is 24.0. The van der Waals surface area contributed by atoms with Crippen LogP contribution in [-0.2, 0) is 9.59 Å². The third kappa shape index (κ3) is 3.70. The van der Waals surface area contributed by atoms with Crippen LogP contribution < -0.4 is 9.64 Å². The normalized spacial score (nSPS) is 17.5. The number of anilines is 1. The number of hydrogen-bond acceptors (Lipinski definition) is 6. The summed E-state index contributed by atoms with van der Waals surface area (Å²) in [4.78, 5) is 32.2. The Bertz CT molecular complexity index is 1480. The lowest BCUT2D eigenvalue weighted by Gasteiger charge is -2.23. The van der Waals surface area contributed by atoms with E-state index in [-0.39, 0.29) is 16.5 Å². The molecule has 4 aromatic rings. The van der Waals surface area contributed by atoms with Crippen molar-refractivity contribution in [3.8, 4) is 5.75 Å². The van der Waals surface area contributed by atoms with Crippen LogP contribution in [0.5, 0.6) is 5.75 Å². The second-order valence-corrected chi connectivity index (χ2v) is 9.01. The van der Waals surface area contributed by atoms with Gasteiger partial charge in [0.1, 0.15) is 17.3 Å². The van der Waals surface area contributed by atoms with Crippen LogP contribution in [0, 0.1) is 5.82 Å². The number of carbonyl (C=O) groups is 2. The molecule has 1 fully saturated rings. The Morgan fingerprint density at radius 1 is 1.12 bits per heavy atom. The number of Topliss-reactive ketones (excluding diaryl/α,β-unsaturated/α-hetero) is 1. The number of thiazole rings is 1. The van der Waals surface area contributed by atoms with Crippen LogP contribution in [0.4, 0.5) is 9.52 Å². The SMILES string of the molecule is COc1cccc(C2/C(=C(\O)c3ccc(Cl)cc3)C(=O)C(=O)N2c2nc3ccc(F)cc3s2)c1. The molecule has 0 bridgehead atoms. The van der Waals surface area contributed by atoms with Gasteiger partial charge in [0.25, 0.3) is 5.78 Å². The number of carbonyl (C=O) groups excluding carboxylic acids is 2. The molecule has 1 aromatic heterocycles. The molecular weight excluding hydrogens is 479 g/mol. The first-order valence-electron chi connectivity index (χ1n) is 10.1. The number of rotatable bonds is 4. The molecule has 1 N–H and O–H groups in total. The second-order valence-electron chi connectivity index (χ2n) is 7.56. The highest BCUT2D eigenvalue weighted by Gasteiger charge is 2.48. The predicted octanol–water partition coefficient (Wildman–Crippen LogP) is 5.72. The summed E-state index contributed by atoms with van der Waals surface area (Å²) >= 11 is 7.05. The van der Waals surface area contributed by atoms with Gasteiger partial charge in [-0.2, -0.15) is 0 Å². The fraction of sp³-hybridized carbons (Fsp3) is 0.0800. The number of aromatic nitrogens is 1. The molecule has 1 amide bonds. The zero-order valence-electron chi connectivity index (χ0n) is 17.7. The highest BCUT2D eigenvalue weighted by atomic mass is 35.5. The fourth-order valence-corrected chi connectivity index (χ4v) is 5.05. The average molecular weight is 495 g/mol. The molecule has 9 heteroatoms. The third-order valence-corrected chi connectivity index (χ3v) is 6.79. The molecule has 34 heavy (non-hydrogen) atoms. The van der Waals surface area contributed by atoms with Gasteiger partial charge in [0, 0.05) is 10.6 Å². The van der Waals surface area contributed by atoms with E-state index in [4.69, 9.17) is 16.3 Å². The first-order valence-corrected chi connectivity index (χ1v) is 11.3. The van der Waals surface area contributed by atoms with Gasteiger partial charge < -0.3 is 9.84 Å². The van der Waals surface area contributed by atoms with Crippen LogP contribution >= 0.6 is 22.9 Å². The molecule has 0 radical (unpaired) electrons. The van der Waals surface area contributed by atoms with Crippen molar-refractivity contribution in [2.24, 2.45) is 0 Å². The molecule has 170 valence electrons. The molecule has 0 saturated carbocycles.